The second kappa shape index (κ2) is 4.77. The number of rotatable bonds is 3. The van der Waals surface area contributed by atoms with Crippen LogP contribution in [-0.2, 0) is 0 Å². The Morgan fingerprint density at radius 2 is 2.00 bits per heavy atom. The molecule has 0 amide bonds. The molecule has 0 spiro atoms. The minimum atomic E-state index is 0.145. The summed E-state index contributed by atoms with van der Waals surface area (Å²) in [7, 11) is 0. The summed E-state index contributed by atoms with van der Waals surface area (Å²) in [6.07, 6.45) is 4.47. The number of nitrogens with zero attached hydrogens (tertiary/aromatic N) is 1. The molecule has 0 aromatic rings. The van der Waals surface area contributed by atoms with Crippen LogP contribution in [0.4, 0.5) is 0 Å². The van der Waals surface area contributed by atoms with E-state index in [1.165, 1.54) is 0 Å². The minimum Gasteiger partial charge on any atom is -0.289 e. The van der Waals surface area contributed by atoms with E-state index in [1.807, 2.05) is 13.0 Å². The van der Waals surface area contributed by atoms with Crippen molar-refractivity contribution in [3.8, 4) is 0 Å². The summed E-state index contributed by atoms with van der Waals surface area (Å²) >= 11 is 0. The van der Waals surface area contributed by atoms with Gasteiger partial charge in [0.05, 0.1) is 6.54 Å². The van der Waals surface area contributed by atoms with E-state index in [1.54, 1.807) is 6.08 Å². The van der Waals surface area contributed by atoms with Crippen LogP contribution in [0.5, 0.6) is 0 Å². The van der Waals surface area contributed by atoms with Crippen LogP contribution in [0.3, 0.4) is 0 Å². The quantitative estimate of drug-likeness (QED) is 0.428. The number of hydrogen-bond donors (Lipinski definition) is 2. The van der Waals surface area contributed by atoms with E-state index < -0.39 is 0 Å². The molecule has 0 fully saturated rings. The molecule has 0 aromatic carbocycles. The molecule has 0 rings (SSSR count). The van der Waals surface area contributed by atoms with Crippen molar-refractivity contribution >= 4 is 0 Å². The van der Waals surface area contributed by atoms with Gasteiger partial charge in [-0.25, -0.2) is 0 Å². The standard InChI is InChI=1S/C5H11NO2/c1-2-3-4-5-6(7)8/h3-4,7-8H,2,5H2,1H3. The lowest BCUT2D eigenvalue weighted by molar-refractivity contribution is -0.299. The first-order valence-electron chi connectivity index (χ1n) is 2.57. The summed E-state index contributed by atoms with van der Waals surface area (Å²) in [4.78, 5) is 0. The van der Waals surface area contributed by atoms with Gasteiger partial charge in [-0.1, -0.05) is 24.3 Å². The van der Waals surface area contributed by atoms with Crippen molar-refractivity contribution in [1.82, 2.24) is 5.23 Å². The lowest BCUT2D eigenvalue weighted by Crippen LogP contribution is -2.12. The molecule has 48 valence electrons. The topological polar surface area (TPSA) is 43.7 Å². The molecular weight excluding hydrogens is 106 g/mol. The maximum Gasteiger partial charge on any atom is 0.0693 e. The fourth-order valence-electron chi connectivity index (χ4n) is 0.335. The van der Waals surface area contributed by atoms with Crippen LogP contribution in [0.25, 0.3) is 0 Å². The highest BCUT2D eigenvalue weighted by molar-refractivity contribution is 4.80. The molecule has 0 bridgehead atoms. The Balaban J connectivity index is 3.03. The van der Waals surface area contributed by atoms with Crippen LogP contribution in [0.2, 0.25) is 0 Å². The van der Waals surface area contributed by atoms with Crippen LogP contribution >= 0.6 is 0 Å². The molecule has 0 saturated carbocycles. The van der Waals surface area contributed by atoms with Gasteiger partial charge in [0.1, 0.15) is 0 Å². The lowest BCUT2D eigenvalue weighted by Gasteiger charge is -1.98. The van der Waals surface area contributed by atoms with Crippen molar-refractivity contribution < 1.29 is 10.4 Å². The minimum absolute atomic E-state index is 0.145. The van der Waals surface area contributed by atoms with Crippen LogP contribution in [0.15, 0.2) is 12.2 Å². The van der Waals surface area contributed by atoms with Gasteiger partial charge < -0.3 is 0 Å². The smallest absolute Gasteiger partial charge is 0.0693 e. The highest BCUT2D eigenvalue weighted by Gasteiger charge is 1.82. The third kappa shape index (κ3) is 5.62. The van der Waals surface area contributed by atoms with E-state index in [2.05, 4.69) is 0 Å². The largest absolute Gasteiger partial charge is 0.289 e. The van der Waals surface area contributed by atoms with E-state index in [0.29, 0.717) is 0 Å². The average molecular weight is 117 g/mol. The van der Waals surface area contributed by atoms with Crippen LogP contribution in [0.1, 0.15) is 13.3 Å². The highest BCUT2D eigenvalue weighted by Crippen LogP contribution is 1.79. The van der Waals surface area contributed by atoms with Gasteiger partial charge in [-0.2, -0.15) is 0 Å². The third-order valence-electron chi connectivity index (χ3n) is 0.671. The fourth-order valence-corrected chi connectivity index (χ4v) is 0.335. The van der Waals surface area contributed by atoms with Gasteiger partial charge in [0, 0.05) is 0 Å². The molecule has 0 aliphatic heterocycles. The summed E-state index contributed by atoms with van der Waals surface area (Å²) < 4.78 is 0. The number of hydroxylamine groups is 2. The Labute approximate surface area is 48.8 Å². The Hall–Kier alpha value is -0.380. The molecule has 0 unspecified atom stereocenters. The molecule has 0 atom stereocenters. The Bertz CT molecular complexity index is 70.8. The summed E-state index contributed by atoms with van der Waals surface area (Å²) in [6, 6.07) is 0. The third-order valence-corrected chi connectivity index (χ3v) is 0.671. The molecule has 8 heavy (non-hydrogen) atoms. The van der Waals surface area contributed by atoms with Gasteiger partial charge in [-0.3, -0.25) is 10.4 Å². The molecule has 3 heteroatoms. The molecular formula is C5H11NO2. The molecule has 0 saturated heterocycles. The van der Waals surface area contributed by atoms with Crippen molar-refractivity contribution in [2.75, 3.05) is 6.54 Å². The van der Waals surface area contributed by atoms with Gasteiger partial charge in [-0.05, 0) is 6.42 Å². The second-order valence-electron chi connectivity index (χ2n) is 1.43. The maximum absolute atomic E-state index is 8.12. The fraction of sp³-hybridized carbons (Fsp3) is 0.600. The van der Waals surface area contributed by atoms with Crippen molar-refractivity contribution in [3.05, 3.63) is 12.2 Å². The number of allylic oxidation sites excluding steroid dienone is 1. The van der Waals surface area contributed by atoms with Crippen LogP contribution in [0, 0.1) is 0 Å². The maximum atomic E-state index is 8.12. The first-order chi connectivity index (χ1) is 3.77. The van der Waals surface area contributed by atoms with E-state index in [4.69, 9.17) is 10.4 Å². The second-order valence-corrected chi connectivity index (χ2v) is 1.43. The summed E-state index contributed by atoms with van der Waals surface area (Å²) in [6.45, 7) is 2.16. The van der Waals surface area contributed by atoms with Crippen molar-refractivity contribution in [1.29, 1.82) is 0 Å². The van der Waals surface area contributed by atoms with Crippen molar-refractivity contribution in [2.45, 2.75) is 13.3 Å². The Morgan fingerprint density at radius 3 is 2.38 bits per heavy atom. The van der Waals surface area contributed by atoms with Gasteiger partial charge >= 0.3 is 0 Å². The Morgan fingerprint density at radius 1 is 1.38 bits per heavy atom. The summed E-state index contributed by atoms with van der Waals surface area (Å²) in [5, 5.41) is 16.4. The zero-order valence-electron chi connectivity index (χ0n) is 4.91. The van der Waals surface area contributed by atoms with Crippen molar-refractivity contribution in [3.63, 3.8) is 0 Å². The highest BCUT2D eigenvalue weighted by atomic mass is 16.8. The van der Waals surface area contributed by atoms with E-state index in [-0.39, 0.29) is 11.8 Å². The molecule has 0 aromatic heterocycles. The van der Waals surface area contributed by atoms with E-state index >= 15 is 0 Å². The Kier molecular flexibility index (Phi) is 4.54. The summed E-state index contributed by atoms with van der Waals surface area (Å²) in [5.41, 5.74) is 0. The normalized spacial score (nSPS) is 11.5. The lowest BCUT2D eigenvalue weighted by atomic mass is 10.4. The van der Waals surface area contributed by atoms with Gasteiger partial charge in [-0.15, -0.1) is 0 Å². The molecule has 0 aliphatic carbocycles. The van der Waals surface area contributed by atoms with Gasteiger partial charge in [0.2, 0.25) is 0 Å². The predicted octanol–water partition coefficient (Wildman–Crippen LogP) is 1.03. The van der Waals surface area contributed by atoms with E-state index in [0.717, 1.165) is 6.42 Å². The molecule has 3 nitrogen and oxygen atoms in total. The number of hydrogen-bond acceptors (Lipinski definition) is 3. The van der Waals surface area contributed by atoms with Crippen molar-refractivity contribution in [2.24, 2.45) is 0 Å². The molecule has 0 heterocycles. The SMILES string of the molecule is CCC=CCN(O)O. The zero-order chi connectivity index (χ0) is 6.41. The molecule has 0 radical (unpaired) electrons. The first kappa shape index (κ1) is 7.62. The van der Waals surface area contributed by atoms with E-state index in [9.17, 15) is 0 Å². The monoisotopic (exact) mass is 117 g/mol. The summed E-state index contributed by atoms with van der Waals surface area (Å²) in [5.74, 6) is 0. The predicted molar refractivity (Wildman–Crippen MR) is 29.7 cm³/mol. The van der Waals surface area contributed by atoms with Gasteiger partial charge in [0.15, 0.2) is 0 Å². The molecule has 2 N–H and O–H groups in total. The average Bonchev–Trinajstić information content (AvgIpc) is 1.66. The first-order valence-corrected chi connectivity index (χ1v) is 2.57. The zero-order valence-corrected chi connectivity index (χ0v) is 4.91. The van der Waals surface area contributed by atoms with Crippen LogP contribution < -0.4 is 0 Å². The van der Waals surface area contributed by atoms with Crippen LogP contribution in [-0.4, -0.2) is 22.2 Å². The molecule has 0 aliphatic rings. The van der Waals surface area contributed by atoms with Gasteiger partial charge in [0.25, 0.3) is 0 Å².